The first-order valence-corrected chi connectivity index (χ1v) is 18.1. The maximum Gasteiger partial charge on any atom is 0.310 e. The van der Waals surface area contributed by atoms with Crippen LogP contribution in [0.25, 0.3) is 0 Å². The molecule has 14 heteroatoms. The summed E-state index contributed by atoms with van der Waals surface area (Å²) >= 11 is 0. The highest BCUT2D eigenvalue weighted by atomic mass is 16.7. The standard InChI is InChI=1S/C35H54O14/c1-33-8-5-18(46-32-29(43)30(26(40)23(14-37)48-32)49-31-28(42)27(41)25(39)22(13-36)47-31)12-17(33)3-4-21-20(33)6-9-34(2)19(7-10-35(21,34)44)16-11-24(38)45-15-16/h17-18,20-23,25-32,36-37,39-44H,3-15H2,1-2H3/b19-16-/t17-,18+,20-,21+,22-,23-,25+,26+,27+,28+,29+,30+,31+,32-,33+,34-,35-/m0/s1. The number of esters is 1. The molecule has 3 saturated heterocycles. The van der Waals surface area contributed by atoms with Crippen LogP contribution in [0.2, 0.25) is 0 Å². The molecule has 14 nitrogen and oxygen atoms in total. The lowest BCUT2D eigenvalue weighted by Gasteiger charge is -2.63. The molecule has 49 heavy (non-hydrogen) atoms. The summed E-state index contributed by atoms with van der Waals surface area (Å²) in [5.74, 6) is 0.601. The molecular formula is C35H54O14. The third-order valence-corrected chi connectivity index (χ3v) is 14.1. The van der Waals surface area contributed by atoms with Crippen LogP contribution in [0.5, 0.6) is 0 Å². The van der Waals surface area contributed by atoms with Gasteiger partial charge in [0.15, 0.2) is 12.6 Å². The fourth-order valence-corrected chi connectivity index (χ4v) is 11.2. The van der Waals surface area contributed by atoms with Crippen LogP contribution >= 0.6 is 0 Å². The van der Waals surface area contributed by atoms with E-state index in [0.29, 0.717) is 44.1 Å². The first-order chi connectivity index (χ1) is 23.3. The van der Waals surface area contributed by atoms with Gasteiger partial charge < -0.3 is 64.5 Å². The number of aliphatic hydroxyl groups excluding tert-OH is 7. The van der Waals surface area contributed by atoms with Gasteiger partial charge in [-0.1, -0.05) is 19.4 Å². The Morgan fingerprint density at radius 1 is 0.776 bits per heavy atom. The first kappa shape index (κ1) is 36.1. The molecular weight excluding hydrogens is 644 g/mol. The largest absolute Gasteiger partial charge is 0.461 e. The van der Waals surface area contributed by atoms with Crippen molar-refractivity contribution >= 4 is 5.97 Å². The summed E-state index contributed by atoms with van der Waals surface area (Å²) in [5, 5.41) is 85.1. The average molecular weight is 699 g/mol. The Kier molecular flexibility index (Phi) is 9.80. The van der Waals surface area contributed by atoms with Crippen LogP contribution in [0.3, 0.4) is 0 Å². The van der Waals surface area contributed by atoms with Crippen molar-refractivity contribution in [3.05, 3.63) is 11.1 Å². The SMILES string of the molecule is C[C@@]12CC[C@@H](O[C@H]3O[C@@H](CO)[C@@H](O)[C@@H](O[C@H]4O[C@@H](CO)[C@@H](O)[C@@H](O)[C@H]4O)[C@H]3O)C[C@@H]1CC[C@@H]1[C@@H]2CC[C@@]2(C)/C(=C3\COC(=O)C3)CC[C@]12O. The molecule has 3 heterocycles. The van der Waals surface area contributed by atoms with Gasteiger partial charge in [-0.25, -0.2) is 0 Å². The van der Waals surface area contributed by atoms with E-state index in [0.717, 1.165) is 44.1 Å². The maximum absolute atomic E-state index is 12.5. The average Bonchev–Trinajstić information content (AvgIpc) is 3.63. The Morgan fingerprint density at radius 2 is 1.47 bits per heavy atom. The minimum Gasteiger partial charge on any atom is -0.461 e. The summed E-state index contributed by atoms with van der Waals surface area (Å²) in [7, 11) is 0. The number of hydrogen-bond donors (Lipinski definition) is 8. The number of fused-ring (bicyclic) bond motifs is 5. The van der Waals surface area contributed by atoms with E-state index in [1.54, 1.807) is 0 Å². The van der Waals surface area contributed by atoms with Gasteiger partial charge in [-0.05, 0) is 86.5 Å². The van der Waals surface area contributed by atoms with Crippen molar-refractivity contribution in [2.75, 3.05) is 19.8 Å². The van der Waals surface area contributed by atoms with Crippen molar-refractivity contribution in [2.45, 2.75) is 151 Å². The highest BCUT2D eigenvalue weighted by molar-refractivity contribution is 5.76. The molecule has 8 N–H and O–H groups in total. The van der Waals surface area contributed by atoms with Gasteiger partial charge in [0.25, 0.3) is 0 Å². The third-order valence-electron chi connectivity index (χ3n) is 14.1. The van der Waals surface area contributed by atoms with Crippen molar-refractivity contribution in [2.24, 2.45) is 28.6 Å². The zero-order valence-corrected chi connectivity index (χ0v) is 28.3. The van der Waals surface area contributed by atoms with E-state index in [1.807, 2.05) is 0 Å². The van der Waals surface area contributed by atoms with E-state index in [1.165, 1.54) is 5.57 Å². The highest BCUT2D eigenvalue weighted by Gasteiger charge is 2.66. The van der Waals surface area contributed by atoms with Crippen molar-refractivity contribution in [3.63, 3.8) is 0 Å². The molecule has 0 unspecified atom stereocenters. The predicted molar refractivity (Wildman–Crippen MR) is 167 cm³/mol. The van der Waals surface area contributed by atoms with E-state index in [2.05, 4.69) is 13.8 Å². The van der Waals surface area contributed by atoms with Crippen molar-refractivity contribution in [1.29, 1.82) is 0 Å². The maximum atomic E-state index is 12.5. The molecule has 0 aromatic heterocycles. The minimum atomic E-state index is -1.75. The summed E-state index contributed by atoms with van der Waals surface area (Å²) in [6.07, 6.45) is -7.54. The van der Waals surface area contributed by atoms with Gasteiger partial charge in [0.1, 0.15) is 55.4 Å². The van der Waals surface area contributed by atoms with Crippen LogP contribution in [0.15, 0.2) is 11.1 Å². The van der Waals surface area contributed by atoms with Gasteiger partial charge in [-0.3, -0.25) is 4.79 Å². The summed E-state index contributed by atoms with van der Waals surface area (Å²) < 4.78 is 28.7. The van der Waals surface area contributed by atoms with Crippen molar-refractivity contribution < 1.29 is 69.3 Å². The van der Waals surface area contributed by atoms with Gasteiger partial charge in [0.05, 0.1) is 31.3 Å². The van der Waals surface area contributed by atoms with Crippen LogP contribution in [0.1, 0.15) is 78.1 Å². The van der Waals surface area contributed by atoms with Crippen LogP contribution < -0.4 is 0 Å². The zero-order chi connectivity index (χ0) is 35.0. The molecule has 4 saturated carbocycles. The van der Waals surface area contributed by atoms with Crippen molar-refractivity contribution in [1.82, 2.24) is 0 Å². The van der Waals surface area contributed by atoms with Gasteiger partial charge in [-0.15, -0.1) is 0 Å². The number of aliphatic hydroxyl groups is 8. The molecule has 0 amide bonds. The minimum absolute atomic E-state index is 0.0210. The molecule has 0 spiro atoms. The lowest BCUT2D eigenvalue weighted by atomic mass is 9.43. The Labute approximate surface area is 285 Å². The highest BCUT2D eigenvalue weighted by Crippen LogP contribution is 2.69. The van der Waals surface area contributed by atoms with Crippen LogP contribution in [-0.4, -0.2) is 140 Å². The molecule has 4 aliphatic carbocycles. The molecule has 7 rings (SSSR count). The van der Waals surface area contributed by atoms with Crippen LogP contribution in [0.4, 0.5) is 0 Å². The van der Waals surface area contributed by atoms with Crippen LogP contribution in [-0.2, 0) is 28.5 Å². The summed E-state index contributed by atoms with van der Waals surface area (Å²) in [6.45, 7) is 3.60. The molecule has 0 bridgehead atoms. The Hall–Kier alpha value is -1.27. The number of carbonyl (C=O) groups excluding carboxylic acids is 1. The van der Waals surface area contributed by atoms with Crippen LogP contribution in [0, 0.1) is 28.6 Å². The topological polar surface area (TPSA) is 225 Å². The van der Waals surface area contributed by atoms with Gasteiger partial charge in [-0.2, -0.15) is 0 Å². The fourth-order valence-electron chi connectivity index (χ4n) is 11.2. The number of hydrogen-bond acceptors (Lipinski definition) is 14. The first-order valence-electron chi connectivity index (χ1n) is 18.1. The molecule has 0 aromatic rings. The monoisotopic (exact) mass is 698 g/mol. The van der Waals surface area contributed by atoms with E-state index >= 15 is 0 Å². The number of ether oxygens (including phenoxy) is 5. The van der Waals surface area contributed by atoms with E-state index in [9.17, 15) is 45.6 Å². The number of rotatable bonds is 6. The molecule has 278 valence electrons. The molecule has 7 fully saturated rings. The normalized spacial score (nSPS) is 54.6. The molecule has 3 aliphatic heterocycles. The fraction of sp³-hybridized carbons (Fsp3) is 0.914. The number of carbonyl (C=O) groups is 1. The molecule has 17 atom stereocenters. The Morgan fingerprint density at radius 3 is 2.14 bits per heavy atom. The quantitative estimate of drug-likeness (QED) is 0.0986. The smallest absolute Gasteiger partial charge is 0.310 e. The summed E-state index contributed by atoms with van der Waals surface area (Å²) in [6, 6.07) is 0. The van der Waals surface area contributed by atoms with E-state index in [4.69, 9.17) is 23.7 Å². The molecule has 0 aromatic carbocycles. The number of cyclic esters (lactones) is 1. The second-order valence-corrected chi connectivity index (χ2v) is 16.2. The van der Waals surface area contributed by atoms with Gasteiger partial charge >= 0.3 is 5.97 Å². The molecule has 0 radical (unpaired) electrons. The summed E-state index contributed by atoms with van der Waals surface area (Å²) in [4.78, 5) is 11.9. The van der Waals surface area contributed by atoms with Gasteiger partial charge in [0.2, 0.25) is 0 Å². The second kappa shape index (κ2) is 13.3. The predicted octanol–water partition coefficient (Wildman–Crippen LogP) is -0.603. The lowest BCUT2D eigenvalue weighted by Crippen LogP contribution is -2.65. The zero-order valence-electron chi connectivity index (χ0n) is 28.3. The third kappa shape index (κ3) is 5.73. The second-order valence-electron chi connectivity index (χ2n) is 16.2. The molecule has 7 aliphatic rings. The van der Waals surface area contributed by atoms with Crippen molar-refractivity contribution in [3.8, 4) is 0 Å². The van der Waals surface area contributed by atoms with Gasteiger partial charge in [0, 0.05) is 5.41 Å². The Balaban J connectivity index is 1.03. The van der Waals surface area contributed by atoms with E-state index < -0.39 is 80.2 Å². The lowest BCUT2D eigenvalue weighted by molar-refractivity contribution is -0.365. The Bertz CT molecular complexity index is 1280. The van der Waals surface area contributed by atoms with E-state index in [-0.39, 0.29) is 28.8 Å². The summed E-state index contributed by atoms with van der Waals surface area (Å²) in [5.41, 5.74) is 1.07.